The Morgan fingerprint density at radius 2 is 0.299 bits per heavy atom. The van der Waals surface area contributed by atoms with E-state index in [0.717, 1.165) is 11.4 Å². The molecule has 6 heteroatoms. The van der Waals surface area contributed by atoms with Crippen LogP contribution >= 0.6 is 0 Å². The number of hydrogen-bond donors (Lipinski definition) is 0. The minimum atomic E-state index is 1.16. The molecule has 672 valence electrons. The minimum absolute atomic E-state index is 1.16. The molecule has 0 aliphatic heterocycles. The van der Waals surface area contributed by atoms with Crippen molar-refractivity contribution in [3.05, 3.63) is 546 Å². The van der Waals surface area contributed by atoms with E-state index in [1.807, 2.05) is 0 Å². The van der Waals surface area contributed by atoms with Crippen molar-refractivity contribution < 1.29 is 0 Å². The molecule has 0 atom stereocenters. The summed E-state index contributed by atoms with van der Waals surface area (Å²) in [6.45, 7) is 0. The third-order valence-electron chi connectivity index (χ3n) is 29.7. The lowest BCUT2D eigenvalue weighted by molar-refractivity contribution is 1.18. The molecule has 0 aliphatic carbocycles. The number of nitrogens with zero attached hydrogens (tertiary/aromatic N) is 6. The molecule has 6 aromatic heterocycles. The van der Waals surface area contributed by atoms with Crippen molar-refractivity contribution in [2.45, 2.75) is 0 Å². The van der Waals surface area contributed by atoms with Crippen molar-refractivity contribution in [3.63, 3.8) is 0 Å². The Balaban J connectivity index is 0.000000105. The molecule has 0 saturated carbocycles. The lowest BCUT2D eigenvalue weighted by atomic mass is 9.98. The van der Waals surface area contributed by atoms with Crippen LogP contribution in [0.3, 0.4) is 0 Å². The second-order valence-electron chi connectivity index (χ2n) is 37.8. The summed E-state index contributed by atoms with van der Waals surface area (Å²) >= 11 is 0. The lowest BCUT2D eigenvalue weighted by Gasteiger charge is -2.11. The monoisotopic (exact) mass is 1830 g/mol. The van der Waals surface area contributed by atoms with Gasteiger partial charge in [-0.3, -0.25) is 0 Å². The first-order valence-corrected chi connectivity index (χ1v) is 49.6. The molecule has 0 bridgehead atoms. The van der Waals surface area contributed by atoms with Gasteiger partial charge in [-0.2, -0.15) is 0 Å². The van der Waals surface area contributed by atoms with Crippen molar-refractivity contribution in [2.75, 3.05) is 0 Å². The molecule has 30 rings (SSSR count). The summed E-state index contributed by atoms with van der Waals surface area (Å²) in [7, 11) is 0. The molecule has 24 aromatic carbocycles. The predicted octanol–water partition coefficient (Wildman–Crippen LogP) is 37.1. The SMILES string of the molecule is c1ccc(-c2cccc(-n3c4ccccc4c4cc(-c5ccc6c(c5)c5ccccc5n6-c5ccc6ccccc6c5)ccc43)c2)cc1.c1ccc(-c2cccc(-n3c4ccccc4c4cc(-c5ccc6c(c5)c5ccccc5n6-c5cccc(-c6ccccc6)c5)ccc43)c2)cc1.c1ccc(-n2c3ccc(-c4ccc5c(c4)c4c6ccccc6ccc4n5-c4ccccc4)cc3c3c4ccccc4ccc32)cc1. The first-order chi connectivity index (χ1) is 71.4. The molecule has 0 aliphatic rings. The fourth-order valence-corrected chi connectivity index (χ4v) is 23.1. The van der Waals surface area contributed by atoms with Crippen molar-refractivity contribution >= 4 is 163 Å². The van der Waals surface area contributed by atoms with E-state index in [1.54, 1.807) is 0 Å². The summed E-state index contributed by atoms with van der Waals surface area (Å²) in [5, 5.41) is 22.8. The van der Waals surface area contributed by atoms with Crippen LogP contribution in [0, 0.1) is 0 Å². The molecule has 144 heavy (non-hydrogen) atoms. The summed E-state index contributed by atoms with van der Waals surface area (Å²) in [4.78, 5) is 0. The second kappa shape index (κ2) is 34.5. The zero-order valence-electron chi connectivity index (χ0n) is 78.6. The minimum Gasteiger partial charge on any atom is -0.309 e. The van der Waals surface area contributed by atoms with Gasteiger partial charge in [-0.15, -0.1) is 0 Å². The van der Waals surface area contributed by atoms with Crippen molar-refractivity contribution in [1.82, 2.24) is 27.4 Å². The van der Waals surface area contributed by atoms with Crippen molar-refractivity contribution in [2.24, 2.45) is 0 Å². The standard InChI is InChI=1S/C48H32N2.C46H30N2.C44H28N2/c1-3-13-33(14-4-1)35-17-11-19-39(29-35)49-45-23-9-7-21-41(45)43-31-37(25-27-47(43)49)38-26-28-48-44(32-38)42-22-8-10-24-46(42)50(48)40-20-12-18-36(30-40)34-15-5-2-6-16-34;1-2-11-31(12-3-1)34-15-10-16-37(27-34)47-43-19-8-6-17-39(43)41-29-35(22-25-45(41)47)36-23-26-46-42(30-36)40-18-7-9-20-44(40)48(46)38-24-21-32-13-4-5-14-33(32)28-38;1-3-13-33(14-4-1)45-39-23-21-31(27-37(39)43-35-17-9-7-11-29(35)19-25-41(43)45)32-22-24-40-38(28-32)44-36-18-10-8-12-30(36)20-26-42(44)46(40)34-15-5-2-6-16-34/h1-32H;1-30H;1-28H. The zero-order valence-corrected chi connectivity index (χ0v) is 78.6. The Morgan fingerprint density at radius 1 is 0.0903 bits per heavy atom. The van der Waals surface area contributed by atoms with Gasteiger partial charge in [-0.05, 0) is 281 Å². The summed E-state index contributed by atoms with van der Waals surface area (Å²) < 4.78 is 14.4. The van der Waals surface area contributed by atoms with Gasteiger partial charge in [0.1, 0.15) is 0 Å². The van der Waals surface area contributed by atoms with Crippen LogP contribution in [0.4, 0.5) is 0 Å². The highest BCUT2D eigenvalue weighted by atomic mass is 15.0. The van der Waals surface area contributed by atoms with E-state index in [-0.39, 0.29) is 0 Å². The maximum absolute atomic E-state index is 2.41. The fraction of sp³-hybridized carbons (Fsp3) is 0. The molecule has 30 aromatic rings. The van der Waals surface area contributed by atoms with Gasteiger partial charge in [-0.1, -0.05) is 364 Å². The molecule has 0 N–H and O–H groups in total. The van der Waals surface area contributed by atoms with Gasteiger partial charge in [0.15, 0.2) is 0 Å². The molecule has 6 heterocycles. The molecule has 0 spiro atoms. The third-order valence-corrected chi connectivity index (χ3v) is 29.7. The lowest BCUT2D eigenvalue weighted by Crippen LogP contribution is -1.94. The van der Waals surface area contributed by atoms with Gasteiger partial charge in [0.2, 0.25) is 0 Å². The molecular formula is C138H90N6. The average molecular weight is 1830 g/mol. The number of rotatable bonds is 12. The van der Waals surface area contributed by atoms with Crippen LogP contribution in [0.5, 0.6) is 0 Å². The molecule has 0 saturated heterocycles. The van der Waals surface area contributed by atoms with E-state index in [2.05, 4.69) is 573 Å². The summed E-state index contributed by atoms with van der Waals surface area (Å²) in [5.74, 6) is 0. The van der Waals surface area contributed by atoms with Crippen LogP contribution in [0.25, 0.3) is 264 Å². The van der Waals surface area contributed by atoms with Gasteiger partial charge >= 0.3 is 0 Å². The smallest absolute Gasteiger partial charge is 0.0547 e. The first-order valence-electron chi connectivity index (χ1n) is 49.6. The van der Waals surface area contributed by atoms with Crippen molar-refractivity contribution in [3.8, 4) is 101 Å². The van der Waals surface area contributed by atoms with Gasteiger partial charge in [-0.25, -0.2) is 0 Å². The average Bonchev–Trinajstić information content (AvgIpc) is 1.56. The van der Waals surface area contributed by atoms with E-state index >= 15 is 0 Å². The highest BCUT2D eigenvalue weighted by Gasteiger charge is 2.25. The Hall–Kier alpha value is -19.1. The van der Waals surface area contributed by atoms with E-state index < -0.39 is 0 Å². The summed E-state index contributed by atoms with van der Waals surface area (Å²) in [6.07, 6.45) is 0. The fourth-order valence-electron chi connectivity index (χ4n) is 23.1. The Labute approximate surface area is 831 Å². The van der Waals surface area contributed by atoms with Gasteiger partial charge in [0.25, 0.3) is 0 Å². The molecular weight excluding hydrogens is 1740 g/mol. The molecule has 0 amide bonds. The zero-order chi connectivity index (χ0) is 94.8. The number of aromatic nitrogens is 6. The predicted molar refractivity (Wildman–Crippen MR) is 610 cm³/mol. The number of para-hydroxylation sites is 6. The van der Waals surface area contributed by atoms with Crippen LogP contribution in [-0.4, -0.2) is 27.4 Å². The quantitative estimate of drug-likeness (QED) is 0.117. The van der Waals surface area contributed by atoms with E-state index in [4.69, 9.17) is 0 Å². The number of benzene rings is 24. The third kappa shape index (κ3) is 14.0. The van der Waals surface area contributed by atoms with Crippen LogP contribution in [0.1, 0.15) is 0 Å². The van der Waals surface area contributed by atoms with E-state index in [1.165, 1.54) is 253 Å². The molecule has 0 fully saturated rings. The maximum Gasteiger partial charge on any atom is 0.0547 e. The second-order valence-corrected chi connectivity index (χ2v) is 37.8. The van der Waals surface area contributed by atoms with Crippen molar-refractivity contribution in [1.29, 1.82) is 0 Å². The Morgan fingerprint density at radius 3 is 0.625 bits per heavy atom. The Bertz CT molecular complexity index is 9950. The number of hydrogen-bond acceptors (Lipinski definition) is 0. The largest absolute Gasteiger partial charge is 0.309 e. The summed E-state index contributed by atoms with van der Waals surface area (Å²) in [5.41, 5.74) is 36.2. The van der Waals surface area contributed by atoms with Gasteiger partial charge < -0.3 is 27.4 Å². The topological polar surface area (TPSA) is 29.6 Å². The first kappa shape index (κ1) is 83.1. The normalized spacial score (nSPS) is 11.8. The van der Waals surface area contributed by atoms with Crippen LogP contribution in [0.15, 0.2) is 546 Å². The maximum atomic E-state index is 2.41. The van der Waals surface area contributed by atoms with Crippen LogP contribution in [0.2, 0.25) is 0 Å². The van der Waals surface area contributed by atoms with E-state index in [0.29, 0.717) is 0 Å². The Kier molecular flexibility index (Phi) is 19.9. The number of fused-ring (bicyclic) bond motifs is 23. The summed E-state index contributed by atoms with van der Waals surface area (Å²) in [6, 6.07) is 199. The molecule has 6 nitrogen and oxygen atoms in total. The van der Waals surface area contributed by atoms with Gasteiger partial charge in [0, 0.05) is 98.8 Å². The highest BCUT2D eigenvalue weighted by molar-refractivity contribution is 6.25. The van der Waals surface area contributed by atoms with E-state index in [9.17, 15) is 0 Å². The molecule has 0 radical (unpaired) electrons. The highest BCUT2D eigenvalue weighted by Crippen LogP contribution is 2.47. The van der Waals surface area contributed by atoms with Crippen LogP contribution < -0.4 is 0 Å². The van der Waals surface area contributed by atoms with Gasteiger partial charge in [0.05, 0.1) is 66.2 Å². The van der Waals surface area contributed by atoms with Crippen LogP contribution in [-0.2, 0) is 0 Å². The molecule has 0 unspecified atom stereocenters.